The van der Waals surface area contributed by atoms with E-state index in [0.29, 0.717) is 6.00 Å². The van der Waals surface area contributed by atoms with E-state index in [1.54, 1.807) is 0 Å². The van der Waals surface area contributed by atoms with E-state index >= 15 is 0 Å². The van der Waals surface area contributed by atoms with Crippen LogP contribution in [-0.2, 0) is 9.47 Å². The highest BCUT2D eigenvalue weighted by molar-refractivity contribution is 6.17. The fraction of sp³-hybridized carbons (Fsp3) is 1.00. The minimum absolute atomic E-state index is 0.257. The summed E-state index contributed by atoms with van der Waals surface area (Å²) in [5, 5.41) is 0. The van der Waals surface area contributed by atoms with E-state index in [4.69, 9.17) is 21.1 Å². The Labute approximate surface area is 239 Å². The second kappa shape index (κ2) is 32.4. The fourth-order valence-electron chi connectivity index (χ4n) is 4.93. The molecule has 3 nitrogen and oxygen atoms in total. The molecule has 0 saturated carbocycles. The molecule has 0 heterocycles. The number of ether oxygens (including phenoxy) is 2. The van der Waals surface area contributed by atoms with E-state index in [1.807, 2.05) is 0 Å². The maximum atomic E-state index is 6.09. The molecular weight excluding hydrogens is 478 g/mol. The van der Waals surface area contributed by atoms with Gasteiger partial charge >= 0.3 is 0 Å². The minimum atomic E-state index is 0.257. The van der Waals surface area contributed by atoms with E-state index in [0.717, 1.165) is 26.4 Å². The largest absolute Gasteiger partial charge is 0.380 e. The average Bonchev–Trinajstić information content (AvgIpc) is 2.91. The Hall–Kier alpha value is 0.170. The van der Waals surface area contributed by atoms with Crippen LogP contribution >= 0.6 is 11.6 Å². The van der Waals surface area contributed by atoms with Gasteiger partial charge in [-0.1, -0.05) is 155 Å². The molecule has 4 heteroatoms. The molecule has 0 rings (SSSR count). The van der Waals surface area contributed by atoms with E-state index in [9.17, 15) is 0 Å². The van der Waals surface area contributed by atoms with E-state index in [1.165, 1.54) is 154 Å². The third-order valence-corrected chi connectivity index (χ3v) is 8.09. The van der Waals surface area contributed by atoms with Crippen molar-refractivity contribution in [2.75, 3.05) is 39.5 Å². The Morgan fingerprint density at radius 3 is 1.00 bits per heavy atom. The summed E-state index contributed by atoms with van der Waals surface area (Å²) in [6.07, 6.45) is 33.1. The number of hydrogen-bond acceptors (Lipinski definition) is 3. The number of rotatable bonds is 32. The van der Waals surface area contributed by atoms with Crippen molar-refractivity contribution in [3.63, 3.8) is 0 Å². The first-order valence-corrected chi connectivity index (χ1v) is 17.2. The molecule has 0 aromatic carbocycles. The van der Waals surface area contributed by atoms with Crippen LogP contribution in [-0.4, -0.2) is 50.4 Å². The van der Waals surface area contributed by atoms with Crippen LogP contribution in [0.2, 0.25) is 0 Å². The van der Waals surface area contributed by atoms with Gasteiger partial charge in [-0.2, -0.15) is 0 Å². The quantitative estimate of drug-likeness (QED) is 0.0476. The van der Waals surface area contributed by atoms with E-state index < -0.39 is 0 Å². The Kier molecular flexibility index (Phi) is 32.5. The first kappa shape index (κ1) is 37.2. The van der Waals surface area contributed by atoms with Crippen LogP contribution in [0.4, 0.5) is 0 Å². The molecule has 0 atom stereocenters. The van der Waals surface area contributed by atoms with Gasteiger partial charge in [-0.3, -0.25) is 4.90 Å². The summed E-state index contributed by atoms with van der Waals surface area (Å²) >= 11 is 6.09. The summed E-state index contributed by atoms with van der Waals surface area (Å²) in [6, 6.07) is 0.779. The van der Waals surface area contributed by atoms with Crippen LogP contribution in [0.15, 0.2) is 0 Å². The first-order chi connectivity index (χ1) is 18.3. The molecule has 0 aromatic heterocycles. The fourth-order valence-corrected chi connectivity index (χ4v) is 5.12. The summed E-state index contributed by atoms with van der Waals surface area (Å²) in [5.74, 6) is 0. The van der Waals surface area contributed by atoms with Gasteiger partial charge in [0.25, 0.3) is 0 Å². The number of nitrogens with zero attached hydrogens (tertiary/aromatic N) is 1. The van der Waals surface area contributed by atoms with Gasteiger partial charge in [-0.05, 0) is 19.9 Å². The van der Waals surface area contributed by atoms with Crippen LogP contribution in [0.3, 0.4) is 0 Å². The number of halogens is 1. The third kappa shape index (κ3) is 29.0. The lowest BCUT2D eigenvalue weighted by molar-refractivity contribution is 0.0174. The topological polar surface area (TPSA) is 21.7 Å². The van der Waals surface area contributed by atoms with Crippen molar-refractivity contribution < 1.29 is 9.47 Å². The molecule has 0 saturated heterocycles. The SMILES string of the molecule is CCCCCCCCCCCCCCOCC(COCCCCCCCCCCCCCC)N(C)CCl. The van der Waals surface area contributed by atoms with Gasteiger partial charge in [0.1, 0.15) is 0 Å². The second-order valence-corrected chi connectivity index (χ2v) is 11.7. The third-order valence-electron chi connectivity index (χ3n) is 7.72. The highest BCUT2D eigenvalue weighted by atomic mass is 35.5. The summed E-state index contributed by atoms with van der Waals surface area (Å²) in [4.78, 5) is 2.14. The molecule has 0 aliphatic heterocycles. The average molecular weight is 546 g/mol. The van der Waals surface area contributed by atoms with Gasteiger partial charge in [0.2, 0.25) is 0 Å². The highest BCUT2D eigenvalue weighted by Gasteiger charge is 2.14. The maximum absolute atomic E-state index is 6.09. The molecule has 0 fully saturated rings. The van der Waals surface area contributed by atoms with Crippen molar-refractivity contribution >= 4 is 11.6 Å². The van der Waals surface area contributed by atoms with Gasteiger partial charge in [-0.15, -0.1) is 11.6 Å². The van der Waals surface area contributed by atoms with Gasteiger partial charge in [0.05, 0.1) is 25.3 Å². The van der Waals surface area contributed by atoms with Gasteiger partial charge < -0.3 is 9.47 Å². The van der Waals surface area contributed by atoms with Crippen molar-refractivity contribution in [3.8, 4) is 0 Å². The second-order valence-electron chi connectivity index (χ2n) is 11.5. The Balaban J connectivity index is 3.50. The molecule has 37 heavy (non-hydrogen) atoms. The monoisotopic (exact) mass is 545 g/mol. The van der Waals surface area contributed by atoms with Gasteiger partial charge in [0, 0.05) is 13.2 Å². The Morgan fingerprint density at radius 2 is 0.730 bits per heavy atom. The minimum Gasteiger partial charge on any atom is -0.380 e. The number of alkyl halides is 1. The van der Waals surface area contributed by atoms with Crippen molar-refractivity contribution in [2.24, 2.45) is 0 Å². The smallest absolute Gasteiger partial charge is 0.0739 e. The molecule has 0 aliphatic rings. The molecule has 0 N–H and O–H groups in total. The maximum Gasteiger partial charge on any atom is 0.0739 e. The lowest BCUT2D eigenvalue weighted by Gasteiger charge is -2.25. The van der Waals surface area contributed by atoms with E-state index in [2.05, 4.69) is 25.8 Å². The normalized spacial score (nSPS) is 11.8. The summed E-state index contributed by atoms with van der Waals surface area (Å²) in [7, 11) is 2.07. The Bertz CT molecular complexity index is 378. The van der Waals surface area contributed by atoms with Crippen LogP contribution in [0.1, 0.15) is 168 Å². The zero-order valence-corrected chi connectivity index (χ0v) is 26.5. The standard InChI is InChI=1S/C33H68ClNO2/c1-4-6-8-10-12-14-16-18-20-22-24-26-28-36-30-33(35(3)32-34)31-37-29-27-25-23-21-19-17-15-13-11-9-7-5-2/h33H,4-32H2,1-3H3. The number of unbranched alkanes of at least 4 members (excludes halogenated alkanes) is 22. The molecule has 0 spiro atoms. The first-order valence-electron chi connectivity index (χ1n) is 16.7. The number of hydrogen-bond donors (Lipinski definition) is 0. The molecule has 0 unspecified atom stereocenters. The summed E-state index contributed by atoms with van der Waals surface area (Å²) in [5.41, 5.74) is 0. The lowest BCUT2D eigenvalue weighted by atomic mass is 10.1. The molecular formula is C33H68ClNO2. The predicted octanol–water partition coefficient (Wildman–Crippen LogP) is 10.9. The van der Waals surface area contributed by atoms with Crippen LogP contribution < -0.4 is 0 Å². The van der Waals surface area contributed by atoms with Crippen LogP contribution in [0.5, 0.6) is 0 Å². The highest BCUT2D eigenvalue weighted by Crippen LogP contribution is 2.13. The Morgan fingerprint density at radius 1 is 0.459 bits per heavy atom. The molecule has 224 valence electrons. The van der Waals surface area contributed by atoms with E-state index in [-0.39, 0.29) is 6.04 Å². The van der Waals surface area contributed by atoms with Crippen molar-refractivity contribution in [1.29, 1.82) is 0 Å². The summed E-state index contributed by atoms with van der Waals surface area (Å²) in [6.45, 7) is 7.75. The van der Waals surface area contributed by atoms with Crippen LogP contribution in [0.25, 0.3) is 0 Å². The summed E-state index contributed by atoms with van der Waals surface area (Å²) < 4.78 is 12.0. The molecule has 0 amide bonds. The van der Waals surface area contributed by atoms with Crippen molar-refractivity contribution in [1.82, 2.24) is 4.90 Å². The molecule has 0 aliphatic carbocycles. The predicted molar refractivity (Wildman–Crippen MR) is 166 cm³/mol. The zero-order valence-electron chi connectivity index (χ0n) is 25.7. The zero-order chi connectivity index (χ0) is 27.1. The van der Waals surface area contributed by atoms with Gasteiger partial charge in [0.15, 0.2) is 0 Å². The van der Waals surface area contributed by atoms with Crippen molar-refractivity contribution in [3.05, 3.63) is 0 Å². The molecule has 0 radical (unpaired) electrons. The van der Waals surface area contributed by atoms with Gasteiger partial charge in [-0.25, -0.2) is 0 Å². The molecule has 0 aromatic rings. The molecule has 0 bridgehead atoms. The van der Waals surface area contributed by atoms with Crippen LogP contribution in [0, 0.1) is 0 Å². The lowest BCUT2D eigenvalue weighted by Crippen LogP contribution is -2.38. The number of likely N-dealkylation sites (N-methyl/N-ethyl adjacent to an activating group) is 1. The van der Waals surface area contributed by atoms with Crippen molar-refractivity contribution in [2.45, 2.75) is 174 Å².